The number of hydrogen-bond acceptors (Lipinski definition) is 6. The minimum Gasteiger partial charge on any atom is -0.487 e. The summed E-state index contributed by atoms with van der Waals surface area (Å²) < 4.78 is 38.8. The van der Waals surface area contributed by atoms with Gasteiger partial charge >= 0.3 is 5.97 Å². The van der Waals surface area contributed by atoms with Crippen LogP contribution in [0.1, 0.15) is 11.3 Å². The monoisotopic (exact) mass is 428 g/mol. The number of aromatic nitrogens is 1. The Morgan fingerprint density at radius 3 is 2.60 bits per heavy atom. The van der Waals surface area contributed by atoms with E-state index in [0.29, 0.717) is 22.7 Å². The van der Waals surface area contributed by atoms with E-state index in [-0.39, 0.29) is 11.5 Å². The Balaban J connectivity index is 1.70. The first-order chi connectivity index (χ1) is 14.3. The Kier molecular flexibility index (Phi) is 6.53. The molecular weight excluding hydrogens is 408 g/mol. The molecule has 0 saturated heterocycles. The number of carboxylic acids is 1. The van der Waals surface area contributed by atoms with Gasteiger partial charge in [-0.15, -0.1) is 0 Å². The number of carboxylic acid groups (broad SMARTS) is 1. The van der Waals surface area contributed by atoms with Crippen LogP contribution in [-0.2, 0) is 21.4 Å². The molecule has 0 fully saturated rings. The van der Waals surface area contributed by atoms with E-state index in [1.807, 2.05) is 18.2 Å². The van der Waals surface area contributed by atoms with Gasteiger partial charge in [0.25, 0.3) is 10.0 Å². The fourth-order valence-electron chi connectivity index (χ4n) is 2.59. The van der Waals surface area contributed by atoms with E-state index in [1.54, 1.807) is 37.4 Å². The zero-order valence-electron chi connectivity index (χ0n) is 16.1. The first-order valence-electron chi connectivity index (χ1n) is 8.94. The summed E-state index contributed by atoms with van der Waals surface area (Å²) >= 11 is 0. The van der Waals surface area contributed by atoms with Gasteiger partial charge < -0.3 is 14.6 Å². The average molecular weight is 428 g/mol. The van der Waals surface area contributed by atoms with Crippen LogP contribution >= 0.6 is 0 Å². The highest BCUT2D eigenvalue weighted by atomic mass is 32.2. The van der Waals surface area contributed by atoms with Crippen molar-refractivity contribution in [2.24, 2.45) is 0 Å². The largest absolute Gasteiger partial charge is 0.487 e. The summed E-state index contributed by atoms with van der Waals surface area (Å²) in [5, 5.41) is 8.69. The lowest BCUT2D eigenvalue weighted by atomic mass is 10.2. The van der Waals surface area contributed by atoms with Crippen LogP contribution in [0, 0.1) is 6.92 Å². The Morgan fingerprint density at radius 2 is 1.90 bits per heavy atom. The zero-order valence-corrected chi connectivity index (χ0v) is 16.9. The summed E-state index contributed by atoms with van der Waals surface area (Å²) in [5.41, 5.74) is 1.60. The minimum atomic E-state index is -3.86. The van der Waals surface area contributed by atoms with E-state index in [1.165, 1.54) is 18.2 Å². The molecule has 8 nitrogen and oxygen atoms in total. The third-order valence-electron chi connectivity index (χ3n) is 4.01. The van der Waals surface area contributed by atoms with Gasteiger partial charge in [0.2, 0.25) is 0 Å². The quantitative estimate of drug-likeness (QED) is 0.538. The summed E-state index contributed by atoms with van der Waals surface area (Å²) in [5.74, 6) is -0.311. The molecule has 0 atom stereocenters. The summed E-state index contributed by atoms with van der Waals surface area (Å²) in [6.07, 6.45) is 1.67. The number of sulfonamides is 1. The zero-order chi connectivity index (χ0) is 21.6. The van der Waals surface area contributed by atoms with Gasteiger partial charge in [-0.1, -0.05) is 12.1 Å². The van der Waals surface area contributed by atoms with Gasteiger partial charge in [-0.05, 0) is 55.0 Å². The molecule has 3 rings (SSSR count). The number of nitrogens with one attached hydrogen (secondary N) is 1. The molecule has 0 aliphatic rings. The van der Waals surface area contributed by atoms with Gasteiger partial charge in [0, 0.05) is 12.3 Å². The second-order valence-corrected chi connectivity index (χ2v) is 8.04. The van der Waals surface area contributed by atoms with Crippen LogP contribution in [0.3, 0.4) is 0 Å². The van der Waals surface area contributed by atoms with Gasteiger partial charge in [0.1, 0.15) is 18.1 Å². The van der Waals surface area contributed by atoms with E-state index >= 15 is 0 Å². The minimum absolute atomic E-state index is 0.0301. The number of aliphatic carboxylic acids is 1. The first kappa shape index (κ1) is 21.1. The van der Waals surface area contributed by atoms with Crippen molar-refractivity contribution >= 4 is 21.7 Å². The first-order valence-corrected chi connectivity index (χ1v) is 10.4. The third-order valence-corrected chi connectivity index (χ3v) is 5.39. The Labute approximate surface area is 174 Å². The van der Waals surface area contributed by atoms with Crippen LogP contribution in [0.5, 0.6) is 11.5 Å². The van der Waals surface area contributed by atoms with Crippen LogP contribution < -0.4 is 14.2 Å². The van der Waals surface area contributed by atoms with Crippen molar-refractivity contribution in [3.63, 3.8) is 0 Å². The molecule has 0 aliphatic heterocycles. The molecule has 156 valence electrons. The maximum Gasteiger partial charge on any atom is 0.341 e. The number of nitrogens with zero attached hydrogens (tertiary/aromatic N) is 1. The van der Waals surface area contributed by atoms with Gasteiger partial charge in [-0.25, -0.2) is 13.2 Å². The lowest BCUT2D eigenvalue weighted by molar-refractivity contribution is -0.139. The highest BCUT2D eigenvalue weighted by Crippen LogP contribution is 2.25. The summed E-state index contributed by atoms with van der Waals surface area (Å²) in [4.78, 5) is 14.8. The van der Waals surface area contributed by atoms with Crippen LogP contribution in [-0.4, -0.2) is 31.1 Å². The van der Waals surface area contributed by atoms with Crippen molar-refractivity contribution in [3.8, 4) is 11.5 Å². The fourth-order valence-corrected chi connectivity index (χ4v) is 3.73. The molecule has 1 aromatic heterocycles. The van der Waals surface area contributed by atoms with Crippen molar-refractivity contribution in [2.45, 2.75) is 18.4 Å². The molecular formula is C21H20N2O6S. The predicted octanol–water partition coefficient (Wildman–Crippen LogP) is 3.23. The number of pyridine rings is 1. The Hall–Kier alpha value is -3.59. The molecule has 3 aromatic rings. The van der Waals surface area contributed by atoms with Crippen molar-refractivity contribution in [1.29, 1.82) is 0 Å². The molecule has 1 heterocycles. The lowest BCUT2D eigenvalue weighted by Crippen LogP contribution is -2.14. The van der Waals surface area contributed by atoms with Gasteiger partial charge in [-0.3, -0.25) is 9.71 Å². The number of aryl methyl sites for hydroxylation is 1. The van der Waals surface area contributed by atoms with Crippen LogP contribution in [0.4, 0.5) is 5.69 Å². The smallest absolute Gasteiger partial charge is 0.341 e. The highest BCUT2D eigenvalue weighted by molar-refractivity contribution is 7.92. The molecule has 0 saturated carbocycles. The number of ether oxygens (including phenoxy) is 2. The summed E-state index contributed by atoms with van der Waals surface area (Å²) in [6, 6.07) is 16.3. The molecule has 2 N–H and O–H groups in total. The second-order valence-electron chi connectivity index (χ2n) is 6.35. The van der Waals surface area contributed by atoms with Gasteiger partial charge in [0.05, 0.1) is 16.3 Å². The average Bonchev–Trinajstić information content (AvgIpc) is 2.72. The maximum absolute atomic E-state index is 12.7. The third kappa shape index (κ3) is 5.71. The number of anilines is 1. The van der Waals surface area contributed by atoms with Crippen molar-refractivity contribution in [1.82, 2.24) is 4.98 Å². The van der Waals surface area contributed by atoms with Crippen molar-refractivity contribution in [3.05, 3.63) is 78.1 Å². The van der Waals surface area contributed by atoms with E-state index in [0.717, 1.165) is 5.69 Å². The normalized spacial score (nSPS) is 11.0. The van der Waals surface area contributed by atoms with E-state index < -0.39 is 22.6 Å². The van der Waals surface area contributed by atoms with Crippen molar-refractivity contribution in [2.75, 3.05) is 11.3 Å². The maximum atomic E-state index is 12.7. The molecule has 0 bridgehead atoms. The molecule has 0 aliphatic carbocycles. The molecule has 0 amide bonds. The molecule has 2 aromatic carbocycles. The molecule has 0 spiro atoms. The number of hydrogen-bond donors (Lipinski definition) is 2. The van der Waals surface area contributed by atoms with Gasteiger partial charge in [-0.2, -0.15) is 0 Å². The van der Waals surface area contributed by atoms with E-state index in [9.17, 15) is 13.2 Å². The van der Waals surface area contributed by atoms with Crippen molar-refractivity contribution < 1.29 is 27.8 Å². The summed E-state index contributed by atoms with van der Waals surface area (Å²) in [6.45, 7) is 1.40. The van der Waals surface area contributed by atoms with Crippen LogP contribution in [0.25, 0.3) is 0 Å². The Bertz CT molecular complexity index is 1130. The topological polar surface area (TPSA) is 115 Å². The van der Waals surface area contributed by atoms with Crippen LogP contribution in [0.15, 0.2) is 71.8 Å². The second kappa shape index (κ2) is 9.27. The van der Waals surface area contributed by atoms with E-state index in [2.05, 4.69) is 9.71 Å². The summed E-state index contributed by atoms with van der Waals surface area (Å²) in [7, 11) is -3.86. The van der Waals surface area contributed by atoms with Gasteiger partial charge in [0.15, 0.2) is 6.61 Å². The fraction of sp³-hybridized carbons (Fsp3) is 0.143. The molecule has 0 unspecified atom stereocenters. The predicted molar refractivity (Wildman–Crippen MR) is 110 cm³/mol. The number of benzene rings is 2. The Morgan fingerprint density at radius 1 is 1.07 bits per heavy atom. The van der Waals surface area contributed by atoms with Crippen LogP contribution in [0.2, 0.25) is 0 Å². The molecule has 0 radical (unpaired) electrons. The molecule has 9 heteroatoms. The highest BCUT2D eigenvalue weighted by Gasteiger charge is 2.16. The molecule has 30 heavy (non-hydrogen) atoms. The lowest BCUT2D eigenvalue weighted by Gasteiger charge is -2.12. The standard InChI is InChI=1S/C21H20N2O6S/c1-15-11-19(8-9-20(15)29-14-21(24)25)30(26,27)23-16-6-4-7-18(12-16)28-13-17-5-2-3-10-22-17/h2-12,23H,13-14H2,1H3,(H,24,25). The number of carbonyl (C=O) groups is 1. The SMILES string of the molecule is Cc1cc(S(=O)(=O)Nc2cccc(OCc3ccccn3)c2)ccc1OCC(=O)O. The number of rotatable bonds is 9. The van der Waals surface area contributed by atoms with E-state index in [4.69, 9.17) is 14.6 Å².